The average molecular weight is 256 g/mol. The van der Waals surface area contributed by atoms with Crippen molar-refractivity contribution in [3.63, 3.8) is 0 Å². The second-order valence-electron chi connectivity index (χ2n) is 5.05. The number of piperidine rings is 1. The van der Waals surface area contributed by atoms with Gasteiger partial charge in [0.25, 0.3) is 0 Å². The van der Waals surface area contributed by atoms with Crippen LogP contribution in [0.3, 0.4) is 0 Å². The predicted octanol–water partition coefficient (Wildman–Crippen LogP) is 1.70. The quantitative estimate of drug-likeness (QED) is 0.617. The Hall–Kier alpha value is -0.610. The molecule has 1 saturated heterocycles. The fraction of sp³-hybridized carbons (Fsp3) is 0.929. The first-order chi connectivity index (χ1) is 8.83. The molecule has 4 heteroatoms. The molecule has 1 rings (SSSR count). The molecule has 0 aromatic heterocycles. The van der Waals surface area contributed by atoms with Crippen LogP contribution in [-0.4, -0.2) is 38.8 Å². The standard InChI is InChI=1S/C14H28N2O2/c1-2-11-18-12-3-8-16-14(17)5-4-13-6-9-15-10-7-13/h13,15H,2-12H2,1H3,(H,16,17). The Morgan fingerprint density at radius 2 is 2.11 bits per heavy atom. The first-order valence-corrected chi connectivity index (χ1v) is 7.38. The molecule has 4 nitrogen and oxygen atoms in total. The van der Waals surface area contributed by atoms with Crippen molar-refractivity contribution in [1.82, 2.24) is 10.6 Å². The smallest absolute Gasteiger partial charge is 0.220 e. The molecule has 1 aliphatic rings. The van der Waals surface area contributed by atoms with Crippen LogP contribution in [0.2, 0.25) is 0 Å². The molecule has 1 fully saturated rings. The molecule has 0 spiro atoms. The van der Waals surface area contributed by atoms with Gasteiger partial charge in [-0.1, -0.05) is 6.92 Å². The number of nitrogens with one attached hydrogen (secondary N) is 2. The van der Waals surface area contributed by atoms with E-state index < -0.39 is 0 Å². The zero-order valence-corrected chi connectivity index (χ0v) is 11.7. The number of ether oxygens (including phenoxy) is 1. The third-order valence-corrected chi connectivity index (χ3v) is 3.37. The van der Waals surface area contributed by atoms with Crippen LogP contribution in [0.1, 0.15) is 45.4 Å². The van der Waals surface area contributed by atoms with Crippen molar-refractivity contribution in [2.75, 3.05) is 32.8 Å². The van der Waals surface area contributed by atoms with Crippen molar-refractivity contribution in [3.05, 3.63) is 0 Å². The van der Waals surface area contributed by atoms with Crippen molar-refractivity contribution < 1.29 is 9.53 Å². The zero-order chi connectivity index (χ0) is 13.1. The summed E-state index contributed by atoms with van der Waals surface area (Å²) in [5, 5.41) is 6.31. The van der Waals surface area contributed by atoms with Crippen LogP contribution in [0, 0.1) is 5.92 Å². The maximum atomic E-state index is 11.6. The van der Waals surface area contributed by atoms with Gasteiger partial charge in [0.2, 0.25) is 5.91 Å². The van der Waals surface area contributed by atoms with Gasteiger partial charge >= 0.3 is 0 Å². The van der Waals surface area contributed by atoms with Crippen LogP contribution < -0.4 is 10.6 Å². The normalized spacial score (nSPS) is 16.7. The molecule has 0 unspecified atom stereocenters. The molecule has 0 radical (unpaired) electrons. The van der Waals surface area contributed by atoms with Gasteiger partial charge in [-0.25, -0.2) is 0 Å². The third-order valence-electron chi connectivity index (χ3n) is 3.37. The summed E-state index contributed by atoms with van der Waals surface area (Å²) in [6.45, 7) is 6.64. The summed E-state index contributed by atoms with van der Waals surface area (Å²) in [7, 11) is 0. The molecule has 1 heterocycles. The van der Waals surface area contributed by atoms with Gasteiger partial charge in [0, 0.05) is 26.2 Å². The van der Waals surface area contributed by atoms with Gasteiger partial charge in [-0.05, 0) is 51.1 Å². The summed E-state index contributed by atoms with van der Waals surface area (Å²) in [6, 6.07) is 0. The summed E-state index contributed by atoms with van der Waals surface area (Å²) >= 11 is 0. The summed E-state index contributed by atoms with van der Waals surface area (Å²) in [4.78, 5) is 11.6. The summed E-state index contributed by atoms with van der Waals surface area (Å²) in [5.41, 5.74) is 0. The molecule has 0 saturated carbocycles. The summed E-state index contributed by atoms with van der Waals surface area (Å²) in [6.07, 6.45) is 6.14. The van der Waals surface area contributed by atoms with Crippen LogP contribution in [0.4, 0.5) is 0 Å². The Balaban J connectivity index is 1.90. The number of hydrogen-bond donors (Lipinski definition) is 2. The van der Waals surface area contributed by atoms with Crippen molar-refractivity contribution in [1.29, 1.82) is 0 Å². The van der Waals surface area contributed by atoms with E-state index in [1.54, 1.807) is 0 Å². The first kappa shape index (κ1) is 15.4. The van der Waals surface area contributed by atoms with Gasteiger partial charge in [-0.15, -0.1) is 0 Å². The lowest BCUT2D eigenvalue weighted by atomic mass is 9.93. The van der Waals surface area contributed by atoms with Crippen molar-refractivity contribution in [2.45, 2.75) is 45.4 Å². The maximum Gasteiger partial charge on any atom is 0.220 e. The Labute approximate surface area is 111 Å². The highest BCUT2D eigenvalue weighted by Gasteiger charge is 2.14. The minimum Gasteiger partial charge on any atom is -0.381 e. The Bertz CT molecular complexity index is 216. The van der Waals surface area contributed by atoms with Gasteiger partial charge in [0.1, 0.15) is 0 Å². The van der Waals surface area contributed by atoms with Gasteiger partial charge in [-0.2, -0.15) is 0 Å². The number of hydrogen-bond acceptors (Lipinski definition) is 3. The second-order valence-corrected chi connectivity index (χ2v) is 5.05. The van der Waals surface area contributed by atoms with Gasteiger partial charge in [0.15, 0.2) is 0 Å². The van der Waals surface area contributed by atoms with Crippen LogP contribution in [-0.2, 0) is 9.53 Å². The Morgan fingerprint density at radius 3 is 2.83 bits per heavy atom. The fourth-order valence-electron chi connectivity index (χ4n) is 2.24. The first-order valence-electron chi connectivity index (χ1n) is 7.38. The molecule has 0 aromatic rings. The van der Waals surface area contributed by atoms with E-state index in [0.29, 0.717) is 6.42 Å². The highest BCUT2D eigenvalue weighted by Crippen LogP contribution is 2.17. The number of amides is 1. The zero-order valence-electron chi connectivity index (χ0n) is 11.7. The van der Waals surface area contributed by atoms with Gasteiger partial charge in [-0.3, -0.25) is 4.79 Å². The third kappa shape index (κ3) is 7.67. The van der Waals surface area contributed by atoms with E-state index in [-0.39, 0.29) is 5.91 Å². The lowest BCUT2D eigenvalue weighted by Gasteiger charge is -2.22. The van der Waals surface area contributed by atoms with Crippen LogP contribution >= 0.6 is 0 Å². The highest BCUT2D eigenvalue weighted by atomic mass is 16.5. The van der Waals surface area contributed by atoms with Crippen molar-refractivity contribution >= 4 is 5.91 Å². The SMILES string of the molecule is CCCOCCCNC(=O)CCC1CCNCC1. The second kappa shape index (κ2) is 10.3. The van der Waals surface area contributed by atoms with E-state index in [4.69, 9.17) is 4.74 Å². The van der Waals surface area contributed by atoms with E-state index in [9.17, 15) is 4.79 Å². The van der Waals surface area contributed by atoms with E-state index in [1.807, 2.05) is 0 Å². The van der Waals surface area contributed by atoms with Crippen molar-refractivity contribution in [3.8, 4) is 0 Å². The van der Waals surface area contributed by atoms with Crippen LogP contribution in [0.25, 0.3) is 0 Å². The van der Waals surface area contributed by atoms with E-state index in [1.165, 1.54) is 12.8 Å². The van der Waals surface area contributed by atoms with E-state index in [2.05, 4.69) is 17.6 Å². The maximum absolute atomic E-state index is 11.6. The number of carbonyl (C=O) groups excluding carboxylic acids is 1. The highest BCUT2D eigenvalue weighted by molar-refractivity contribution is 5.75. The summed E-state index contributed by atoms with van der Waals surface area (Å²) in [5.74, 6) is 0.939. The number of rotatable bonds is 9. The topological polar surface area (TPSA) is 50.4 Å². The summed E-state index contributed by atoms with van der Waals surface area (Å²) < 4.78 is 5.36. The molecule has 18 heavy (non-hydrogen) atoms. The van der Waals surface area contributed by atoms with E-state index >= 15 is 0 Å². The fourth-order valence-corrected chi connectivity index (χ4v) is 2.24. The Kier molecular flexibility index (Phi) is 8.86. The van der Waals surface area contributed by atoms with Gasteiger partial charge < -0.3 is 15.4 Å². The lowest BCUT2D eigenvalue weighted by Crippen LogP contribution is -2.29. The predicted molar refractivity (Wildman–Crippen MR) is 73.6 cm³/mol. The minimum absolute atomic E-state index is 0.198. The largest absolute Gasteiger partial charge is 0.381 e. The molecule has 1 amide bonds. The average Bonchev–Trinajstić information content (AvgIpc) is 2.41. The Morgan fingerprint density at radius 1 is 1.33 bits per heavy atom. The van der Waals surface area contributed by atoms with E-state index in [0.717, 1.165) is 58.0 Å². The molecular weight excluding hydrogens is 228 g/mol. The molecule has 0 aromatic carbocycles. The molecule has 0 atom stereocenters. The molecular formula is C14H28N2O2. The monoisotopic (exact) mass is 256 g/mol. The molecule has 2 N–H and O–H groups in total. The lowest BCUT2D eigenvalue weighted by molar-refractivity contribution is -0.121. The molecule has 1 aliphatic heterocycles. The van der Waals surface area contributed by atoms with Crippen LogP contribution in [0.5, 0.6) is 0 Å². The van der Waals surface area contributed by atoms with Crippen LogP contribution in [0.15, 0.2) is 0 Å². The molecule has 106 valence electrons. The van der Waals surface area contributed by atoms with Gasteiger partial charge in [0.05, 0.1) is 0 Å². The molecule has 0 aliphatic carbocycles. The van der Waals surface area contributed by atoms with Crippen molar-refractivity contribution in [2.24, 2.45) is 5.92 Å². The molecule has 0 bridgehead atoms. The minimum atomic E-state index is 0.198. The number of carbonyl (C=O) groups is 1.